The van der Waals surface area contributed by atoms with Crippen LogP contribution in [0.2, 0.25) is 0 Å². The van der Waals surface area contributed by atoms with Crippen LogP contribution >= 0.6 is 0 Å². The van der Waals surface area contributed by atoms with Gasteiger partial charge in [-0.2, -0.15) is 0 Å². The second-order valence-corrected chi connectivity index (χ2v) is 9.06. The number of nitrogens with one attached hydrogen (secondary N) is 1. The third-order valence-electron chi connectivity index (χ3n) is 6.20. The molecule has 0 heterocycles. The Morgan fingerprint density at radius 2 is 1.32 bits per heavy atom. The standard InChI is InChI=1S/C28H51NO2/c1-5-7-8-9-10-11-12-13-14-15-16-17-18-19-23-29-24-26-21-20-22-27(30-4)28(26)31-25(3)6-2/h20-22,25,29H,5-19,23-24H2,1-4H3. The van der Waals surface area contributed by atoms with Crippen LogP contribution in [0.15, 0.2) is 18.2 Å². The Hall–Kier alpha value is -1.22. The quantitative estimate of drug-likeness (QED) is 0.197. The minimum absolute atomic E-state index is 0.195. The van der Waals surface area contributed by atoms with Gasteiger partial charge in [-0.05, 0) is 32.4 Å². The topological polar surface area (TPSA) is 30.5 Å². The fourth-order valence-electron chi connectivity index (χ4n) is 3.95. The molecule has 0 fully saturated rings. The SMILES string of the molecule is CCCCCCCCCCCCCCCCNCc1cccc(OC)c1OC(C)CC. The first-order valence-electron chi connectivity index (χ1n) is 13.3. The van der Waals surface area contributed by atoms with Crippen LogP contribution in [0.4, 0.5) is 0 Å². The Kier molecular flexibility index (Phi) is 17.5. The van der Waals surface area contributed by atoms with Crippen molar-refractivity contribution in [1.82, 2.24) is 5.32 Å². The predicted octanol–water partition coefficient (Wildman–Crippen LogP) is 8.44. The summed E-state index contributed by atoms with van der Waals surface area (Å²) in [5.74, 6) is 1.73. The molecule has 0 aliphatic carbocycles. The molecule has 180 valence electrons. The lowest BCUT2D eigenvalue weighted by Gasteiger charge is -2.19. The van der Waals surface area contributed by atoms with Crippen LogP contribution in [0.1, 0.15) is 123 Å². The number of para-hydroxylation sites is 1. The van der Waals surface area contributed by atoms with Gasteiger partial charge in [-0.1, -0.05) is 109 Å². The van der Waals surface area contributed by atoms with E-state index >= 15 is 0 Å². The van der Waals surface area contributed by atoms with E-state index in [1.807, 2.05) is 12.1 Å². The van der Waals surface area contributed by atoms with Crippen LogP contribution in [0.25, 0.3) is 0 Å². The molecule has 1 rings (SSSR count). The highest BCUT2D eigenvalue weighted by Crippen LogP contribution is 2.32. The molecule has 1 N–H and O–H groups in total. The van der Waals surface area contributed by atoms with Gasteiger partial charge in [-0.25, -0.2) is 0 Å². The van der Waals surface area contributed by atoms with E-state index < -0.39 is 0 Å². The van der Waals surface area contributed by atoms with Gasteiger partial charge in [0.15, 0.2) is 11.5 Å². The first-order chi connectivity index (χ1) is 15.2. The van der Waals surface area contributed by atoms with Gasteiger partial charge in [-0.3, -0.25) is 0 Å². The van der Waals surface area contributed by atoms with Crippen molar-refractivity contribution in [2.45, 2.75) is 130 Å². The largest absolute Gasteiger partial charge is 0.493 e. The van der Waals surface area contributed by atoms with Crippen LogP contribution in [0, 0.1) is 0 Å². The summed E-state index contributed by atoms with van der Waals surface area (Å²) in [4.78, 5) is 0. The second kappa shape index (κ2) is 19.5. The number of unbranched alkanes of at least 4 members (excludes halogenated alkanes) is 13. The highest BCUT2D eigenvalue weighted by atomic mass is 16.5. The summed E-state index contributed by atoms with van der Waals surface area (Å²) in [5.41, 5.74) is 1.19. The van der Waals surface area contributed by atoms with Crippen molar-refractivity contribution in [2.75, 3.05) is 13.7 Å². The zero-order valence-corrected chi connectivity index (χ0v) is 21.1. The van der Waals surface area contributed by atoms with Crippen molar-refractivity contribution in [3.05, 3.63) is 23.8 Å². The Bertz CT molecular complexity index is 532. The van der Waals surface area contributed by atoms with Crippen LogP contribution in [0.3, 0.4) is 0 Å². The Labute approximate surface area is 193 Å². The van der Waals surface area contributed by atoms with E-state index in [0.29, 0.717) is 0 Å². The molecule has 1 aromatic rings. The molecule has 31 heavy (non-hydrogen) atoms. The van der Waals surface area contributed by atoms with Gasteiger partial charge in [0.25, 0.3) is 0 Å². The summed E-state index contributed by atoms with van der Waals surface area (Å²) in [6.07, 6.45) is 20.9. The summed E-state index contributed by atoms with van der Waals surface area (Å²) in [5, 5.41) is 3.59. The van der Waals surface area contributed by atoms with E-state index in [0.717, 1.165) is 31.0 Å². The van der Waals surface area contributed by atoms with Gasteiger partial charge in [-0.15, -0.1) is 0 Å². The van der Waals surface area contributed by atoms with E-state index in [1.54, 1.807) is 7.11 Å². The molecule has 0 aliphatic heterocycles. The summed E-state index contributed by atoms with van der Waals surface area (Å²) in [6.45, 7) is 8.45. The summed E-state index contributed by atoms with van der Waals surface area (Å²) in [7, 11) is 1.71. The van der Waals surface area contributed by atoms with Crippen LogP contribution in [-0.2, 0) is 6.54 Å². The monoisotopic (exact) mass is 433 g/mol. The summed E-state index contributed by atoms with van der Waals surface area (Å²) >= 11 is 0. The molecule has 1 unspecified atom stereocenters. The van der Waals surface area contributed by atoms with E-state index in [9.17, 15) is 0 Å². The van der Waals surface area contributed by atoms with E-state index in [2.05, 4.69) is 32.2 Å². The van der Waals surface area contributed by atoms with E-state index in [-0.39, 0.29) is 6.10 Å². The fraction of sp³-hybridized carbons (Fsp3) is 0.786. The maximum atomic E-state index is 6.13. The average Bonchev–Trinajstić information content (AvgIpc) is 2.79. The molecule has 0 saturated carbocycles. The van der Waals surface area contributed by atoms with Gasteiger partial charge in [0.05, 0.1) is 13.2 Å². The Morgan fingerprint density at radius 1 is 0.774 bits per heavy atom. The van der Waals surface area contributed by atoms with Crippen LogP contribution in [-0.4, -0.2) is 19.8 Å². The maximum Gasteiger partial charge on any atom is 0.166 e. The highest BCUT2D eigenvalue weighted by Gasteiger charge is 2.12. The molecule has 3 nitrogen and oxygen atoms in total. The molecule has 0 radical (unpaired) electrons. The molecule has 0 saturated heterocycles. The van der Waals surface area contributed by atoms with Gasteiger partial charge < -0.3 is 14.8 Å². The second-order valence-electron chi connectivity index (χ2n) is 9.06. The fourth-order valence-corrected chi connectivity index (χ4v) is 3.95. The molecule has 1 atom stereocenters. The summed E-state index contributed by atoms with van der Waals surface area (Å²) in [6, 6.07) is 6.17. The molecule has 1 aromatic carbocycles. The smallest absolute Gasteiger partial charge is 0.166 e. The molecular weight excluding hydrogens is 382 g/mol. The minimum Gasteiger partial charge on any atom is -0.493 e. The third kappa shape index (κ3) is 13.7. The minimum atomic E-state index is 0.195. The molecule has 0 spiro atoms. The van der Waals surface area contributed by atoms with E-state index in [1.165, 1.54) is 95.5 Å². The lowest BCUT2D eigenvalue weighted by atomic mass is 10.0. The van der Waals surface area contributed by atoms with Crippen LogP contribution in [0.5, 0.6) is 11.5 Å². The number of hydrogen-bond acceptors (Lipinski definition) is 3. The lowest BCUT2D eigenvalue weighted by molar-refractivity contribution is 0.205. The number of benzene rings is 1. The number of methoxy groups -OCH3 is 1. The van der Waals surface area contributed by atoms with Gasteiger partial charge in [0.2, 0.25) is 0 Å². The zero-order chi connectivity index (χ0) is 22.6. The van der Waals surface area contributed by atoms with Gasteiger partial charge >= 0.3 is 0 Å². The van der Waals surface area contributed by atoms with Crippen molar-refractivity contribution in [1.29, 1.82) is 0 Å². The average molecular weight is 434 g/mol. The molecule has 0 aliphatic rings. The highest BCUT2D eigenvalue weighted by molar-refractivity contribution is 5.46. The Balaban J connectivity index is 2.03. The summed E-state index contributed by atoms with van der Waals surface area (Å²) < 4.78 is 11.6. The van der Waals surface area contributed by atoms with Crippen molar-refractivity contribution in [2.24, 2.45) is 0 Å². The number of ether oxygens (including phenoxy) is 2. The first-order valence-corrected chi connectivity index (χ1v) is 13.3. The van der Waals surface area contributed by atoms with Gasteiger partial charge in [0.1, 0.15) is 0 Å². The van der Waals surface area contributed by atoms with Crippen LogP contribution < -0.4 is 14.8 Å². The Morgan fingerprint density at radius 3 is 1.84 bits per heavy atom. The first kappa shape index (κ1) is 27.8. The van der Waals surface area contributed by atoms with E-state index in [4.69, 9.17) is 9.47 Å². The van der Waals surface area contributed by atoms with Crippen molar-refractivity contribution < 1.29 is 9.47 Å². The molecule has 0 aromatic heterocycles. The van der Waals surface area contributed by atoms with Crippen molar-refractivity contribution in [3.8, 4) is 11.5 Å². The van der Waals surface area contributed by atoms with Gasteiger partial charge in [0, 0.05) is 12.1 Å². The van der Waals surface area contributed by atoms with Crippen molar-refractivity contribution in [3.63, 3.8) is 0 Å². The molecule has 0 amide bonds. The number of rotatable bonds is 21. The third-order valence-corrected chi connectivity index (χ3v) is 6.20. The normalized spacial score (nSPS) is 12.1. The molecular formula is C28H51NO2. The molecule has 0 bridgehead atoms. The molecule has 3 heteroatoms. The maximum absolute atomic E-state index is 6.13. The van der Waals surface area contributed by atoms with Crippen molar-refractivity contribution >= 4 is 0 Å². The lowest BCUT2D eigenvalue weighted by Crippen LogP contribution is -2.17. The zero-order valence-electron chi connectivity index (χ0n) is 21.1. The predicted molar refractivity (Wildman–Crippen MR) is 135 cm³/mol. The number of hydrogen-bond donors (Lipinski definition) is 1.